The highest BCUT2D eigenvalue weighted by Gasteiger charge is 1.99. The van der Waals surface area contributed by atoms with Crippen molar-refractivity contribution in [3.8, 4) is 0 Å². The predicted molar refractivity (Wildman–Crippen MR) is 43.4 cm³/mol. The molecule has 0 unspecified atom stereocenters. The minimum absolute atomic E-state index is 0.397. The zero-order valence-corrected chi connectivity index (χ0v) is 6.97. The lowest BCUT2D eigenvalue weighted by Crippen LogP contribution is -1.95. The summed E-state index contributed by atoms with van der Waals surface area (Å²) in [5.74, 6) is 1.27. The number of thiol groups is 1. The van der Waals surface area contributed by atoms with E-state index in [1.807, 2.05) is 0 Å². The van der Waals surface area contributed by atoms with Crippen molar-refractivity contribution in [3.63, 3.8) is 0 Å². The van der Waals surface area contributed by atoms with Gasteiger partial charge in [-0.3, -0.25) is 0 Å². The Bertz CT molecular complexity index is 205. The molecule has 1 rings (SSSR count). The summed E-state index contributed by atoms with van der Waals surface area (Å²) in [6, 6.07) is 0. The molecule has 0 aliphatic carbocycles. The quantitative estimate of drug-likeness (QED) is 0.625. The predicted octanol–water partition coefficient (Wildman–Crippen LogP) is 1.89. The van der Waals surface area contributed by atoms with E-state index in [2.05, 4.69) is 36.4 Å². The van der Waals surface area contributed by atoms with E-state index in [9.17, 15) is 0 Å². The van der Waals surface area contributed by atoms with Crippen molar-refractivity contribution in [2.45, 2.75) is 24.7 Å². The van der Waals surface area contributed by atoms with Gasteiger partial charge in [0, 0.05) is 23.2 Å². The first-order valence-corrected chi connectivity index (χ1v) is 3.66. The molecule has 1 heterocycles. The van der Waals surface area contributed by atoms with Gasteiger partial charge in [-0.2, -0.15) is 0 Å². The van der Waals surface area contributed by atoms with E-state index < -0.39 is 0 Å². The first-order chi connectivity index (χ1) is 4.70. The topological polar surface area (TPSA) is 25.8 Å². The summed E-state index contributed by atoms with van der Waals surface area (Å²) in [6.45, 7) is 4.13. The summed E-state index contributed by atoms with van der Waals surface area (Å²) in [5.41, 5.74) is 0. The SMILES string of the molecule is CC(C)c1ncc(S)cn1. The van der Waals surface area contributed by atoms with Gasteiger partial charge in [-0.15, -0.1) is 12.6 Å². The van der Waals surface area contributed by atoms with Gasteiger partial charge in [0.25, 0.3) is 0 Å². The second kappa shape index (κ2) is 3.01. The molecular weight excluding hydrogens is 144 g/mol. The van der Waals surface area contributed by atoms with Crippen LogP contribution in [0.4, 0.5) is 0 Å². The molecule has 0 spiro atoms. The van der Waals surface area contributed by atoms with Crippen molar-refractivity contribution in [1.29, 1.82) is 0 Å². The fraction of sp³-hybridized carbons (Fsp3) is 0.429. The number of hydrogen-bond acceptors (Lipinski definition) is 3. The molecule has 0 aromatic carbocycles. The van der Waals surface area contributed by atoms with Crippen molar-refractivity contribution in [1.82, 2.24) is 9.97 Å². The highest BCUT2D eigenvalue weighted by atomic mass is 32.1. The van der Waals surface area contributed by atoms with Gasteiger partial charge in [0.2, 0.25) is 0 Å². The van der Waals surface area contributed by atoms with Gasteiger partial charge in [-0.05, 0) is 0 Å². The summed E-state index contributed by atoms with van der Waals surface area (Å²) in [6.07, 6.45) is 3.43. The normalized spacial score (nSPS) is 10.4. The van der Waals surface area contributed by atoms with E-state index in [4.69, 9.17) is 0 Å². The average molecular weight is 154 g/mol. The summed E-state index contributed by atoms with van der Waals surface area (Å²) in [4.78, 5) is 8.99. The van der Waals surface area contributed by atoms with Crippen LogP contribution in [0.15, 0.2) is 17.3 Å². The minimum Gasteiger partial charge on any atom is -0.240 e. The summed E-state index contributed by atoms with van der Waals surface area (Å²) >= 11 is 4.08. The Labute approximate surface area is 66.1 Å². The minimum atomic E-state index is 0.397. The lowest BCUT2D eigenvalue weighted by Gasteiger charge is -2.00. The van der Waals surface area contributed by atoms with Crippen LogP contribution in [0.5, 0.6) is 0 Å². The van der Waals surface area contributed by atoms with Crippen LogP contribution in [0, 0.1) is 0 Å². The molecule has 1 aromatic heterocycles. The molecule has 0 amide bonds. The van der Waals surface area contributed by atoms with E-state index >= 15 is 0 Å². The first-order valence-electron chi connectivity index (χ1n) is 3.21. The van der Waals surface area contributed by atoms with Crippen LogP contribution in [0.3, 0.4) is 0 Å². The van der Waals surface area contributed by atoms with Crippen LogP contribution < -0.4 is 0 Å². The molecule has 0 bridgehead atoms. The number of aromatic nitrogens is 2. The Morgan fingerprint density at radius 2 is 1.80 bits per heavy atom. The maximum Gasteiger partial charge on any atom is 0.130 e. The highest BCUT2D eigenvalue weighted by molar-refractivity contribution is 7.80. The summed E-state index contributed by atoms with van der Waals surface area (Å²) in [5, 5.41) is 0. The zero-order chi connectivity index (χ0) is 7.56. The van der Waals surface area contributed by atoms with E-state index in [-0.39, 0.29) is 0 Å². The third-order valence-corrected chi connectivity index (χ3v) is 1.41. The van der Waals surface area contributed by atoms with Gasteiger partial charge in [-0.25, -0.2) is 9.97 Å². The van der Waals surface area contributed by atoms with Crippen LogP contribution in [0.1, 0.15) is 25.6 Å². The number of nitrogens with zero attached hydrogens (tertiary/aromatic N) is 2. The Morgan fingerprint density at radius 1 is 1.30 bits per heavy atom. The van der Waals surface area contributed by atoms with Crippen LogP contribution in [-0.4, -0.2) is 9.97 Å². The van der Waals surface area contributed by atoms with Gasteiger partial charge in [0.05, 0.1) is 0 Å². The van der Waals surface area contributed by atoms with E-state index in [1.54, 1.807) is 12.4 Å². The molecule has 0 fully saturated rings. The van der Waals surface area contributed by atoms with Crippen LogP contribution in [-0.2, 0) is 0 Å². The Hall–Kier alpha value is -0.570. The second-order valence-corrected chi connectivity index (χ2v) is 2.97. The third kappa shape index (κ3) is 1.70. The Kier molecular flexibility index (Phi) is 2.27. The van der Waals surface area contributed by atoms with E-state index in [0.717, 1.165) is 10.7 Å². The molecule has 0 saturated heterocycles. The first kappa shape index (κ1) is 7.54. The molecule has 54 valence electrons. The zero-order valence-electron chi connectivity index (χ0n) is 6.07. The average Bonchev–Trinajstić information content (AvgIpc) is 1.88. The van der Waals surface area contributed by atoms with Gasteiger partial charge in [-0.1, -0.05) is 13.8 Å². The number of rotatable bonds is 1. The maximum atomic E-state index is 4.09. The number of hydrogen-bond donors (Lipinski definition) is 1. The van der Waals surface area contributed by atoms with E-state index in [0.29, 0.717) is 5.92 Å². The molecule has 0 radical (unpaired) electrons. The van der Waals surface area contributed by atoms with E-state index in [1.165, 1.54) is 0 Å². The van der Waals surface area contributed by atoms with Gasteiger partial charge >= 0.3 is 0 Å². The molecule has 0 atom stereocenters. The fourth-order valence-corrected chi connectivity index (χ4v) is 0.745. The molecule has 3 heteroatoms. The standard InChI is InChI=1S/C7H10N2S/c1-5(2)7-8-3-6(10)4-9-7/h3-5,10H,1-2H3. The highest BCUT2D eigenvalue weighted by Crippen LogP contribution is 2.08. The van der Waals surface area contributed by atoms with Crippen molar-refractivity contribution < 1.29 is 0 Å². The van der Waals surface area contributed by atoms with Crippen molar-refractivity contribution in [2.24, 2.45) is 0 Å². The monoisotopic (exact) mass is 154 g/mol. The van der Waals surface area contributed by atoms with Crippen molar-refractivity contribution in [2.75, 3.05) is 0 Å². The maximum absolute atomic E-state index is 4.09. The lowest BCUT2D eigenvalue weighted by atomic mass is 10.2. The Balaban J connectivity index is 2.89. The fourth-order valence-electron chi connectivity index (χ4n) is 0.629. The lowest BCUT2D eigenvalue weighted by molar-refractivity contribution is 0.766. The summed E-state index contributed by atoms with van der Waals surface area (Å²) < 4.78 is 0. The van der Waals surface area contributed by atoms with Crippen LogP contribution >= 0.6 is 12.6 Å². The molecule has 10 heavy (non-hydrogen) atoms. The van der Waals surface area contributed by atoms with Crippen LogP contribution in [0.2, 0.25) is 0 Å². The Morgan fingerprint density at radius 3 is 2.20 bits per heavy atom. The molecule has 0 N–H and O–H groups in total. The third-order valence-electron chi connectivity index (χ3n) is 1.17. The molecular formula is C7H10N2S. The molecule has 0 aliphatic rings. The smallest absolute Gasteiger partial charge is 0.130 e. The van der Waals surface area contributed by atoms with Crippen molar-refractivity contribution in [3.05, 3.63) is 18.2 Å². The second-order valence-electron chi connectivity index (χ2n) is 2.45. The van der Waals surface area contributed by atoms with Crippen molar-refractivity contribution >= 4 is 12.6 Å². The van der Waals surface area contributed by atoms with Gasteiger partial charge in [0.15, 0.2) is 0 Å². The summed E-state index contributed by atoms with van der Waals surface area (Å²) in [7, 11) is 0. The van der Waals surface area contributed by atoms with Gasteiger partial charge < -0.3 is 0 Å². The largest absolute Gasteiger partial charge is 0.240 e. The van der Waals surface area contributed by atoms with Crippen LogP contribution in [0.25, 0.3) is 0 Å². The van der Waals surface area contributed by atoms with Gasteiger partial charge in [0.1, 0.15) is 5.82 Å². The molecule has 0 saturated carbocycles. The molecule has 0 aliphatic heterocycles. The molecule has 1 aromatic rings. The molecule has 2 nitrogen and oxygen atoms in total.